The molecule has 0 atom stereocenters. The van der Waals surface area contributed by atoms with Crippen molar-refractivity contribution in [3.05, 3.63) is 28.8 Å². The number of Topliss-reactive ketones (excluding diaryl/α,β-unsaturated/α-hetero) is 1. The van der Waals surface area contributed by atoms with E-state index in [1.165, 1.54) is 19.3 Å². The molecule has 0 spiro atoms. The van der Waals surface area contributed by atoms with E-state index in [1.807, 2.05) is 0 Å². The molecule has 0 saturated heterocycles. The van der Waals surface area contributed by atoms with Gasteiger partial charge >= 0.3 is 0 Å². The van der Waals surface area contributed by atoms with Crippen LogP contribution in [0.1, 0.15) is 42.5 Å². The Labute approximate surface area is 137 Å². The third kappa shape index (κ3) is 2.53. The third-order valence-corrected chi connectivity index (χ3v) is 6.13. The van der Waals surface area contributed by atoms with E-state index in [1.54, 1.807) is 23.1 Å². The summed E-state index contributed by atoms with van der Waals surface area (Å²) in [6.07, 6.45) is 5.76. The van der Waals surface area contributed by atoms with Gasteiger partial charge in [0, 0.05) is 11.9 Å². The molecule has 0 aromatic heterocycles. The summed E-state index contributed by atoms with van der Waals surface area (Å²) in [5, 5.41) is 1.32. The maximum atomic E-state index is 12.3. The van der Waals surface area contributed by atoms with Gasteiger partial charge in [0.2, 0.25) is 0 Å². The molecule has 3 nitrogen and oxygen atoms in total. The molecule has 1 aromatic carbocycles. The van der Waals surface area contributed by atoms with Crippen molar-refractivity contribution in [1.29, 1.82) is 0 Å². The number of amides is 1. The maximum absolute atomic E-state index is 12.3. The average molecular weight is 371 g/mol. The maximum Gasteiger partial charge on any atom is 0.299 e. The number of para-hydroxylation sites is 1. The van der Waals surface area contributed by atoms with E-state index in [0.717, 1.165) is 18.2 Å². The number of ketones is 1. The molecule has 112 valence electrons. The van der Waals surface area contributed by atoms with Crippen LogP contribution in [0.15, 0.2) is 18.2 Å². The topological polar surface area (TPSA) is 37.4 Å². The Morgan fingerprint density at radius 3 is 2.57 bits per heavy atom. The summed E-state index contributed by atoms with van der Waals surface area (Å²) in [5.74, 6) is -0.878. The van der Waals surface area contributed by atoms with Crippen LogP contribution in [0.5, 0.6) is 0 Å². The predicted molar refractivity (Wildman–Crippen MR) is 87.4 cm³/mol. The van der Waals surface area contributed by atoms with E-state index >= 15 is 0 Å². The molecule has 1 heterocycles. The lowest BCUT2D eigenvalue weighted by Crippen LogP contribution is -2.43. The molecular weight excluding hydrogens is 354 g/mol. The number of alkyl halides is 1. The molecule has 1 saturated carbocycles. The second kappa shape index (κ2) is 5.73. The molecule has 3 rings (SSSR count). The van der Waals surface area contributed by atoms with Crippen molar-refractivity contribution in [2.24, 2.45) is 5.41 Å². The van der Waals surface area contributed by atoms with Gasteiger partial charge in [0.25, 0.3) is 11.7 Å². The Hall–Kier alpha value is -0.870. The third-order valence-electron chi connectivity index (χ3n) is 4.63. The van der Waals surface area contributed by atoms with Crippen LogP contribution in [0.2, 0.25) is 5.02 Å². The fraction of sp³-hybridized carbons (Fsp3) is 0.500. The minimum Gasteiger partial charge on any atom is -0.303 e. The van der Waals surface area contributed by atoms with E-state index in [4.69, 9.17) is 11.6 Å². The number of carbonyl (C=O) groups excluding carboxylic acids is 2. The monoisotopic (exact) mass is 369 g/mol. The zero-order valence-corrected chi connectivity index (χ0v) is 14.0. The molecule has 1 aromatic rings. The highest BCUT2D eigenvalue weighted by atomic mass is 79.9. The number of benzene rings is 1. The van der Waals surface area contributed by atoms with Crippen LogP contribution in [0.4, 0.5) is 5.69 Å². The zero-order chi connectivity index (χ0) is 15.0. The lowest BCUT2D eigenvalue weighted by molar-refractivity contribution is -0.114. The first-order chi connectivity index (χ1) is 10.1. The Bertz CT molecular complexity index is 596. The second-order valence-electron chi connectivity index (χ2n) is 6.05. The molecule has 1 fully saturated rings. The number of hydrogen-bond acceptors (Lipinski definition) is 2. The van der Waals surface area contributed by atoms with Gasteiger partial charge in [-0.25, -0.2) is 0 Å². The average Bonchev–Trinajstić information content (AvgIpc) is 2.75. The van der Waals surface area contributed by atoms with Gasteiger partial charge in [0.1, 0.15) is 0 Å². The summed E-state index contributed by atoms with van der Waals surface area (Å²) in [5.41, 5.74) is 1.09. The summed E-state index contributed by atoms with van der Waals surface area (Å²) >= 11 is 9.86. The van der Waals surface area contributed by atoms with Crippen molar-refractivity contribution in [3.63, 3.8) is 0 Å². The number of carbonyl (C=O) groups is 2. The first-order valence-corrected chi connectivity index (χ1v) is 8.79. The van der Waals surface area contributed by atoms with Gasteiger partial charge in [-0.3, -0.25) is 9.59 Å². The van der Waals surface area contributed by atoms with Gasteiger partial charge in [-0.2, -0.15) is 0 Å². The smallest absolute Gasteiger partial charge is 0.299 e. The molecule has 21 heavy (non-hydrogen) atoms. The zero-order valence-electron chi connectivity index (χ0n) is 11.7. The number of rotatable bonds is 3. The molecular formula is C16H17BrClNO2. The van der Waals surface area contributed by atoms with E-state index in [2.05, 4.69) is 15.9 Å². The van der Waals surface area contributed by atoms with Gasteiger partial charge in [-0.1, -0.05) is 52.9 Å². The van der Waals surface area contributed by atoms with Crippen molar-refractivity contribution in [3.8, 4) is 0 Å². The summed E-state index contributed by atoms with van der Waals surface area (Å²) < 4.78 is 0. The van der Waals surface area contributed by atoms with Crippen molar-refractivity contribution in [2.45, 2.75) is 32.1 Å². The van der Waals surface area contributed by atoms with Gasteiger partial charge < -0.3 is 4.90 Å². The molecule has 5 heteroatoms. The highest BCUT2D eigenvalue weighted by Gasteiger charge is 2.42. The lowest BCUT2D eigenvalue weighted by atomic mass is 9.75. The van der Waals surface area contributed by atoms with E-state index in [9.17, 15) is 9.59 Å². The minimum absolute atomic E-state index is 0.0506. The number of anilines is 1. The lowest BCUT2D eigenvalue weighted by Gasteiger charge is -2.38. The molecule has 1 amide bonds. The van der Waals surface area contributed by atoms with Crippen LogP contribution in [-0.2, 0) is 4.79 Å². The summed E-state index contributed by atoms with van der Waals surface area (Å²) in [7, 11) is 0. The standard InChI is InChI=1S/C16H17BrClNO2/c17-9-16(7-2-1-3-8-16)10-19-13-11(14(20)15(19)21)5-4-6-12(13)18/h4-6H,1-3,7-10H2. The molecule has 1 aliphatic heterocycles. The molecule has 0 radical (unpaired) electrons. The molecule has 0 bridgehead atoms. The molecule has 0 N–H and O–H groups in total. The van der Waals surface area contributed by atoms with Gasteiger partial charge in [0.05, 0.1) is 16.3 Å². The van der Waals surface area contributed by atoms with Gasteiger partial charge in [-0.15, -0.1) is 0 Å². The Balaban J connectivity index is 1.96. The van der Waals surface area contributed by atoms with E-state index in [0.29, 0.717) is 22.8 Å². The van der Waals surface area contributed by atoms with E-state index < -0.39 is 11.7 Å². The quantitative estimate of drug-likeness (QED) is 0.590. The summed E-state index contributed by atoms with van der Waals surface area (Å²) in [6.45, 7) is 0.569. The highest BCUT2D eigenvalue weighted by molar-refractivity contribution is 9.09. The molecule has 2 aliphatic rings. The first kappa shape index (κ1) is 15.0. The van der Waals surface area contributed by atoms with Crippen molar-refractivity contribution < 1.29 is 9.59 Å². The Morgan fingerprint density at radius 2 is 1.90 bits per heavy atom. The van der Waals surface area contributed by atoms with Crippen LogP contribution in [0.3, 0.4) is 0 Å². The van der Waals surface area contributed by atoms with Crippen LogP contribution < -0.4 is 4.90 Å². The van der Waals surface area contributed by atoms with Crippen LogP contribution in [0.25, 0.3) is 0 Å². The first-order valence-electron chi connectivity index (χ1n) is 7.29. The van der Waals surface area contributed by atoms with Crippen molar-refractivity contribution in [1.82, 2.24) is 0 Å². The Kier molecular flexibility index (Phi) is 4.10. The molecule has 1 aliphatic carbocycles. The van der Waals surface area contributed by atoms with E-state index in [-0.39, 0.29) is 5.41 Å². The summed E-state index contributed by atoms with van der Waals surface area (Å²) in [4.78, 5) is 26.1. The normalized spacial score (nSPS) is 20.8. The van der Waals surface area contributed by atoms with Crippen LogP contribution >= 0.6 is 27.5 Å². The highest BCUT2D eigenvalue weighted by Crippen LogP contribution is 2.43. The Morgan fingerprint density at radius 1 is 1.19 bits per heavy atom. The summed E-state index contributed by atoms with van der Waals surface area (Å²) in [6, 6.07) is 5.14. The largest absolute Gasteiger partial charge is 0.303 e. The number of hydrogen-bond donors (Lipinski definition) is 0. The van der Waals surface area contributed by atoms with Crippen molar-refractivity contribution >= 4 is 44.9 Å². The SMILES string of the molecule is O=C1C(=O)N(CC2(CBr)CCCCC2)c2c(Cl)cccc21. The van der Waals surface area contributed by atoms with Gasteiger partial charge in [-0.05, 0) is 30.4 Å². The number of nitrogens with zero attached hydrogens (tertiary/aromatic N) is 1. The fourth-order valence-corrected chi connectivity index (χ4v) is 4.45. The number of fused-ring (bicyclic) bond motifs is 1. The minimum atomic E-state index is -0.441. The van der Waals surface area contributed by atoms with Gasteiger partial charge in [0.15, 0.2) is 0 Å². The number of halogens is 2. The fourth-order valence-electron chi connectivity index (χ4n) is 3.43. The molecule has 0 unspecified atom stereocenters. The second-order valence-corrected chi connectivity index (χ2v) is 7.02. The predicted octanol–water partition coefficient (Wildman–Crippen LogP) is 4.21. The van der Waals surface area contributed by atoms with Crippen LogP contribution in [-0.4, -0.2) is 23.6 Å². The van der Waals surface area contributed by atoms with Crippen molar-refractivity contribution in [2.75, 3.05) is 16.8 Å². The van der Waals surface area contributed by atoms with Crippen LogP contribution in [0, 0.1) is 5.41 Å².